The van der Waals surface area contributed by atoms with Gasteiger partial charge in [-0.2, -0.15) is 4.98 Å². The van der Waals surface area contributed by atoms with E-state index < -0.39 is 17.3 Å². The van der Waals surface area contributed by atoms with Crippen molar-refractivity contribution in [3.05, 3.63) is 50.4 Å². The molecule has 2 unspecified atom stereocenters. The van der Waals surface area contributed by atoms with Crippen LogP contribution < -0.4 is 10.6 Å². The molecular weight excluding hydrogens is 517 g/mol. The average Bonchev–Trinajstić information content (AvgIpc) is 3.00. The second kappa shape index (κ2) is 9.52. The van der Waals surface area contributed by atoms with Crippen LogP contribution in [0.1, 0.15) is 6.92 Å². The molecule has 1 fully saturated rings. The van der Waals surface area contributed by atoms with Crippen LogP contribution in [-0.4, -0.2) is 66.1 Å². The molecule has 0 N–H and O–H groups in total. The van der Waals surface area contributed by atoms with Crippen molar-refractivity contribution in [2.24, 2.45) is 0 Å². The zero-order chi connectivity index (χ0) is 25.0. The molecule has 2 atom stereocenters. The van der Waals surface area contributed by atoms with Gasteiger partial charge in [-0.3, -0.25) is 4.57 Å². The van der Waals surface area contributed by atoms with Gasteiger partial charge in [0.1, 0.15) is 17.5 Å². The third-order valence-electron chi connectivity index (χ3n) is 6.67. The first-order valence-corrected chi connectivity index (χ1v) is 13.0. The van der Waals surface area contributed by atoms with Crippen LogP contribution in [0.2, 0.25) is 10.0 Å². The van der Waals surface area contributed by atoms with Crippen LogP contribution >= 0.6 is 35.0 Å². The summed E-state index contributed by atoms with van der Waals surface area (Å²) in [5, 5.41) is 0.771. The molecule has 2 aromatic carbocycles. The van der Waals surface area contributed by atoms with Crippen molar-refractivity contribution in [3.8, 4) is 11.1 Å². The topological polar surface area (TPSA) is 50.6 Å². The van der Waals surface area contributed by atoms with Crippen molar-refractivity contribution < 1.29 is 13.5 Å². The van der Waals surface area contributed by atoms with Crippen molar-refractivity contribution in [1.29, 1.82) is 0 Å². The van der Waals surface area contributed by atoms with E-state index in [9.17, 15) is 9.18 Å². The Morgan fingerprint density at radius 2 is 1.89 bits per heavy atom. The fourth-order valence-corrected chi connectivity index (χ4v) is 6.73. The lowest BCUT2D eigenvalue weighted by molar-refractivity contribution is 0.107. The van der Waals surface area contributed by atoms with Gasteiger partial charge in [-0.05, 0) is 26.1 Å². The number of rotatable bonds is 3. The molecule has 1 saturated heterocycles. The Bertz CT molecular complexity index is 1390. The Morgan fingerprint density at radius 3 is 2.60 bits per heavy atom. The highest BCUT2D eigenvalue weighted by Gasteiger charge is 2.31. The van der Waals surface area contributed by atoms with Crippen LogP contribution in [0.25, 0.3) is 22.0 Å². The maximum atomic E-state index is 15.0. The summed E-state index contributed by atoms with van der Waals surface area (Å²) in [5.41, 5.74) is 0.661. The summed E-state index contributed by atoms with van der Waals surface area (Å²) in [6.07, 6.45) is -0.267. The molecule has 6 nitrogen and oxygen atoms in total. The van der Waals surface area contributed by atoms with Gasteiger partial charge in [0.05, 0.1) is 28.2 Å². The van der Waals surface area contributed by atoms with Crippen LogP contribution in [-0.2, 0) is 11.3 Å². The predicted octanol–water partition coefficient (Wildman–Crippen LogP) is 4.91. The SMILES string of the molecule is COC1CSc2c(-c3cc(Cl)c(F)cc3F)c(Cl)cc3c(N4CCN(C)CC4C)nc(=O)n(c23)C1. The number of anilines is 1. The van der Waals surface area contributed by atoms with Crippen LogP contribution in [0.4, 0.5) is 14.6 Å². The van der Waals surface area contributed by atoms with Crippen molar-refractivity contribution in [3.63, 3.8) is 0 Å². The third kappa shape index (κ3) is 4.31. The smallest absolute Gasteiger partial charge is 0.350 e. The van der Waals surface area contributed by atoms with E-state index in [4.69, 9.17) is 27.9 Å². The monoisotopic (exact) mass is 540 g/mol. The van der Waals surface area contributed by atoms with Gasteiger partial charge in [-0.1, -0.05) is 23.2 Å². The summed E-state index contributed by atoms with van der Waals surface area (Å²) in [7, 11) is 3.65. The average molecular weight is 541 g/mol. The number of hydrogen-bond acceptors (Lipinski definition) is 6. The highest BCUT2D eigenvalue weighted by molar-refractivity contribution is 7.99. The van der Waals surface area contributed by atoms with E-state index >= 15 is 4.39 Å². The van der Waals surface area contributed by atoms with E-state index in [1.165, 1.54) is 17.8 Å². The number of ether oxygens (including phenoxy) is 1. The fraction of sp³-hybridized carbons (Fsp3) is 0.417. The second-order valence-electron chi connectivity index (χ2n) is 9.01. The molecule has 5 rings (SSSR count). The molecule has 0 radical (unpaired) electrons. The van der Waals surface area contributed by atoms with Gasteiger partial charge in [0.2, 0.25) is 0 Å². The van der Waals surface area contributed by atoms with Crippen LogP contribution in [0.5, 0.6) is 0 Å². The van der Waals surface area contributed by atoms with E-state index in [2.05, 4.69) is 28.8 Å². The van der Waals surface area contributed by atoms with E-state index in [0.717, 1.165) is 19.2 Å². The Kier molecular flexibility index (Phi) is 6.74. The molecule has 1 aromatic heterocycles. The summed E-state index contributed by atoms with van der Waals surface area (Å²) < 4.78 is 36.1. The highest BCUT2D eigenvalue weighted by atomic mass is 35.5. The predicted molar refractivity (Wildman–Crippen MR) is 137 cm³/mol. The van der Waals surface area contributed by atoms with E-state index in [1.807, 2.05) is 0 Å². The molecular formula is C24H24Cl2F2N4O2S. The van der Waals surface area contributed by atoms with Crippen LogP contribution in [0, 0.1) is 11.6 Å². The molecule has 0 spiro atoms. The van der Waals surface area contributed by atoms with Gasteiger partial charge >= 0.3 is 5.69 Å². The summed E-state index contributed by atoms with van der Waals surface area (Å²) in [5.74, 6) is -0.564. The van der Waals surface area contributed by atoms with Gasteiger partial charge in [0.25, 0.3) is 0 Å². The highest BCUT2D eigenvalue weighted by Crippen LogP contribution is 2.46. The number of likely N-dealkylation sites (N-methyl/N-ethyl adjacent to an activating group) is 1. The fourth-order valence-electron chi connectivity index (χ4n) is 4.89. The van der Waals surface area contributed by atoms with Gasteiger partial charge in [-0.15, -0.1) is 11.8 Å². The zero-order valence-electron chi connectivity index (χ0n) is 19.4. The van der Waals surface area contributed by atoms with Crippen molar-refractivity contribution >= 4 is 51.7 Å². The Balaban J connectivity index is 1.84. The molecule has 2 aliphatic rings. The minimum atomic E-state index is -0.852. The zero-order valence-corrected chi connectivity index (χ0v) is 21.8. The first-order valence-electron chi connectivity index (χ1n) is 11.2. The molecule has 3 heterocycles. The number of hydrogen-bond donors (Lipinski definition) is 0. The van der Waals surface area contributed by atoms with Gasteiger partial charge in [-0.25, -0.2) is 13.6 Å². The number of benzene rings is 2. The van der Waals surface area contributed by atoms with E-state index in [0.29, 0.717) is 46.0 Å². The summed E-state index contributed by atoms with van der Waals surface area (Å²) in [6.45, 7) is 4.74. The number of piperazine rings is 1. The lowest BCUT2D eigenvalue weighted by atomic mass is 10.0. The Labute approximate surface area is 215 Å². The Hall–Kier alpha value is -1.91. The van der Waals surface area contributed by atoms with E-state index in [1.54, 1.807) is 17.7 Å². The van der Waals surface area contributed by atoms with Gasteiger partial charge < -0.3 is 14.5 Å². The summed E-state index contributed by atoms with van der Waals surface area (Å²) >= 11 is 14.3. The number of halogens is 4. The number of nitrogens with zero attached hydrogens (tertiary/aromatic N) is 4. The van der Waals surface area contributed by atoms with Crippen LogP contribution in [0.3, 0.4) is 0 Å². The second-order valence-corrected chi connectivity index (χ2v) is 10.9. The quantitative estimate of drug-likeness (QED) is 0.440. The minimum Gasteiger partial charge on any atom is -0.379 e. The molecule has 3 aromatic rings. The standard InChI is InChI=1S/C24H24Cl2F2N4O2S/c1-12-9-30(2)4-5-31(12)23-15-7-17(26)20(14-6-16(25)19(28)8-18(14)27)22-21(15)32(24(33)29-23)10-13(34-3)11-35-22/h6-8,12-13H,4-5,9-11H2,1-3H3. The molecule has 0 aliphatic carbocycles. The largest absolute Gasteiger partial charge is 0.379 e. The van der Waals surface area contributed by atoms with Gasteiger partial charge in [0.15, 0.2) is 0 Å². The Morgan fingerprint density at radius 1 is 1.11 bits per heavy atom. The molecule has 0 bridgehead atoms. The van der Waals surface area contributed by atoms with E-state index in [-0.39, 0.29) is 27.8 Å². The molecule has 35 heavy (non-hydrogen) atoms. The first-order chi connectivity index (χ1) is 16.7. The maximum Gasteiger partial charge on any atom is 0.350 e. The summed E-state index contributed by atoms with van der Waals surface area (Å²) in [4.78, 5) is 22.8. The lowest BCUT2D eigenvalue weighted by Gasteiger charge is -2.39. The van der Waals surface area contributed by atoms with Crippen molar-refractivity contribution in [2.75, 3.05) is 44.4 Å². The molecule has 0 saturated carbocycles. The third-order valence-corrected chi connectivity index (χ3v) is 8.48. The molecule has 0 amide bonds. The van der Waals surface area contributed by atoms with Gasteiger partial charge in [0, 0.05) is 66.0 Å². The van der Waals surface area contributed by atoms with Crippen LogP contribution in [0.15, 0.2) is 27.9 Å². The number of methoxy groups -OCH3 is 1. The molecule has 186 valence electrons. The lowest BCUT2D eigenvalue weighted by Crippen LogP contribution is -2.51. The molecule has 11 heteroatoms. The molecule has 2 aliphatic heterocycles. The maximum absolute atomic E-state index is 15.0. The normalized spacial score (nSPS) is 20.9. The van der Waals surface area contributed by atoms with Crippen molar-refractivity contribution in [2.45, 2.75) is 30.5 Å². The number of thioether (sulfide) groups is 1. The summed E-state index contributed by atoms with van der Waals surface area (Å²) in [6, 6.07) is 3.84. The minimum absolute atomic E-state index is 0.0759. The first kappa shape index (κ1) is 24.8. The number of aromatic nitrogens is 2. The van der Waals surface area contributed by atoms with Crippen molar-refractivity contribution in [1.82, 2.24) is 14.5 Å².